The quantitative estimate of drug-likeness (QED) is 0.426. The van der Waals surface area contributed by atoms with Crippen molar-refractivity contribution in [3.8, 4) is 0 Å². The smallest absolute Gasteiger partial charge is 0.268 e. The first-order chi connectivity index (χ1) is 15.9. The largest absolute Gasteiger partial charge is 0.350 e. The van der Waals surface area contributed by atoms with Gasteiger partial charge in [0.2, 0.25) is 5.91 Å². The predicted molar refractivity (Wildman–Crippen MR) is 130 cm³/mol. The molecule has 2 atom stereocenters. The summed E-state index contributed by atoms with van der Waals surface area (Å²) in [4.78, 5) is 31.9. The van der Waals surface area contributed by atoms with Crippen LogP contribution < -0.4 is 10.9 Å². The summed E-state index contributed by atoms with van der Waals surface area (Å²) in [5, 5.41) is 1.50. The van der Waals surface area contributed by atoms with Crippen molar-refractivity contribution in [3.05, 3.63) is 42.0 Å². The number of amides is 2. The Kier molecular flexibility index (Phi) is 12.1. The number of hydrazine groups is 1. The molecule has 0 aliphatic carbocycles. The van der Waals surface area contributed by atoms with E-state index in [2.05, 4.69) is 38.6 Å². The molecule has 2 rings (SSSR count). The summed E-state index contributed by atoms with van der Waals surface area (Å²) in [7, 11) is 0. The highest BCUT2D eigenvalue weighted by atomic mass is 16.8. The van der Waals surface area contributed by atoms with E-state index in [-0.39, 0.29) is 11.8 Å². The van der Waals surface area contributed by atoms with Gasteiger partial charge in [-0.05, 0) is 43.1 Å². The fourth-order valence-electron chi connectivity index (χ4n) is 3.41. The third-order valence-corrected chi connectivity index (χ3v) is 5.39. The normalized spacial score (nSPS) is 17.5. The zero-order valence-corrected chi connectivity index (χ0v) is 20.6. The first kappa shape index (κ1) is 27.0. The number of carbonyl (C=O) groups is 2. The molecule has 2 N–H and O–H groups in total. The molecule has 7 nitrogen and oxygen atoms in total. The minimum Gasteiger partial charge on any atom is -0.350 e. The van der Waals surface area contributed by atoms with Crippen molar-refractivity contribution < 1.29 is 19.2 Å². The molecule has 0 bridgehead atoms. The second-order valence-electron chi connectivity index (χ2n) is 9.40. The molecule has 7 heteroatoms. The van der Waals surface area contributed by atoms with Crippen LogP contribution in [0.2, 0.25) is 0 Å². The summed E-state index contributed by atoms with van der Waals surface area (Å²) < 4.78 is 5.55. The standard InChI is InChI=1S/C26H41N3O4/c1-20(2)16-17-24(30)29(27-19-21(3)4)23(14-10-13-22-11-6-5-7-12-22)26(31)28-33-25-15-8-9-18-32-25/h5-7,10-13,20-21,23,25,27H,8-9,14-19H2,1-4H3,(H,28,31)/t23-,25+/m0/s1. The Morgan fingerprint density at radius 2 is 1.91 bits per heavy atom. The first-order valence-electron chi connectivity index (χ1n) is 12.2. The van der Waals surface area contributed by atoms with Crippen LogP contribution in [0.5, 0.6) is 0 Å². The number of benzene rings is 1. The van der Waals surface area contributed by atoms with Crippen LogP contribution in [0.3, 0.4) is 0 Å². The molecule has 1 aromatic carbocycles. The van der Waals surface area contributed by atoms with Crippen LogP contribution in [0, 0.1) is 11.8 Å². The van der Waals surface area contributed by atoms with Crippen LogP contribution in [0.1, 0.15) is 71.8 Å². The number of nitrogens with one attached hydrogen (secondary N) is 2. The molecule has 1 aliphatic heterocycles. The van der Waals surface area contributed by atoms with Crippen molar-refractivity contribution in [3.63, 3.8) is 0 Å². The number of hydrogen-bond donors (Lipinski definition) is 2. The second-order valence-corrected chi connectivity index (χ2v) is 9.40. The van der Waals surface area contributed by atoms with E-state index in [1.165, 1.54) is 5.01 Å². The summed E-state index contributed by atoms with van der Waals surface area (Å²) in [6, 6.07) is 9.15. The monoisotopic (exact) mass is 459 g/mol. The van der Waals surface area contributed by atoms with E-state index < -0.39 is 12.3 Å². The Balaban J connectivity index is 2.15. The molecule has 1 saturated heterocycles. The van der Waals surface area contributed by atoms with E-state index in [1.807, 2.05) is 42.5 Å². The minimum atomic E-state index is -0.744. The Hall–Kier alpha value is -2.22. The predicted octanol–water partition coefficient (Wildman–Crippen LogP) is 4.46. The van der Waals surface area contributed by atoms with Gasteiger partial charge in [-0.3, -0.25) is 14.6 Å². The average molecular weight is 460 g/mol. The fourth-order valence-corrected chi connectivity index (χ4v) is 3.41. The third kappa shape index (κ3) is 10.5. The van der Waals surface area contributed by atoms with Crippen LogP contribution >= 0.6 is 0 Å². The Labute approximate surface area is 198 Å². The lowest BCUT2D eigenvalue weighted by molar-refractivity contribution is -0.203. The lowest BCUT2D eigenvalue weighted by atomic mass is 10.1. The Morgan fingerprint density at radius 3 is 2.55 bits per heavy atom. The zero-order valence-electron chi connectivity index (χ0n) is 20.6. The molecule has 0 unspecified atom stereocenters. The number of ether oxygens (including phenoxy) is 1. The van der Waals surface area contributed by atoms with Crippen molar-refractivity contribution in [2.75, 3.05) is 13.2 Å². The SMILES string of the molecule is CC(C)CCC(=O)N(NCC(C)C)[C@@H](CC=Cc1ccccc1)C(=O)NO[C@@H]1CCCCO1. The summed E-state index contributed by atoms with van der Waals surface area (Å²) in [6.45, 7) is 9.52. The molecular formula is C26H41N3O4. The molecule has 184 valence electrons. The third-order valence-electron chi connectivity index (χ3n) is 5.39. The van der Waals surface area contributed by atoms with Crippen LogP contribution in [0.25, 0.3) is 6.08 Å². The maximum atomic E-state index is 13.2. The summed E-state index contributed by atoms with van der Waals surface area (Å²) in [5.74, 6) is 0.265. The maximum absolute atomic E-state index is 13.2. The number of rotatable bonds is 13. The molecule has 33 heavy (non-hydrogen) atoms. The van der Waals surface area contributed by atoms with Gasteiger partial charge in [0.25, 0.3) is 5.91 Å². The Bertz CT molecular complexity index is 730. The van der Waals surface area contributed by atoms with Crippen molar-refractivity contribution in [1.82, 2.24) is 15.9 Å². The van der Waals surface area contributed by atoms with E-state index >= 15 is 0 Å². The van der Waals surface area contributed by atoms with E-state index in [0.717, 1.165) is 31.2 Å². The van der Waals surface area contributed by atoms with Crippen molar-refractivity contribution in [1.29, 1.82) is 0 Å². The highest BCUT2D eigenvalue weighted by Gasteiger charge is 2.30. The number of nitrogens with zero attached hydrogens (tertiary/aromatic N) is 1. The zero-order chi connectivity index (χ0) is 24.1. The lowest BCUT2D eigenvalue weighted by Gasteiger charge is -2.32. The highest BCUT2D eigenvalue weighted by molar-refractivity contribution is 5.87. The van der Waals surface area contributed by atoms with E-state index in [4.69, 9.17) is 9.57 Å². The maximum Gasteiger partial charge on any atom is 0.268 e. The van der Waals surface area contributed by atoms with Gasteiger partial charge in [-0.1, -0.05) is 70.2 Å². The van der Waals surface area contributed by atoms with Crippen molar-refractivity contribution >= 4 is 17.9 Å². The van der Waals surface area contributed by atoms with Gasteiger partial charge < -0.3 is 4.74 Å². The molecular weight excluding hydrogens is 418 g/mol. The van der Waals surface area contributed by atoms with Crippen molar-refractivity contribution in [2.24, 2.45) is 11.8 Å². The average Bonchev–Trinajstić information content (AvgIpc) is 2.81. The van der Waals surface area contributed by atoms with E-state index in [9.17, 15) is 9.59 Å². The highest BCUT2D eigenvalue weighted by Crippen LogP contribution is 2.15. The van der Waals surface area contributed by atoms with Crippen LogP contribution in [-0.2, 0) is 19.2 Å². The molecule has 2 amide bonds. The van der Waals surface area contributed by atoms with Gasteiger partial charge in [-0.25, -0.2) is 15.7 Å². The van der Waals surface area contributed by atoms with Gasteiger partial charge in [0.05, 0.1) is 0 Å². The molecule has 1 heterocycles. The summed E-state index contributed by atoms with van der Waals surface area (Å²) in [6.07, 6.45) is 7.67. The first-order valence-corrected chi connectivity index (χ1v) is 12.2. The molecule has 0 saturated carbocycles. The molecule has 1 fully saturated rings. The van der Waals surface area contributed by atoms with Gasteiger partial charge in [-0.15, -0.1) is 0 Å². The minimum absolute atomic E-state index is 0.0912. The molecule has 0 aromatic heterocycles. The number of hydroxylamine groups is 1. The topological polar surface area (TPSA) is 79.9 Å². The summed E-state index contributed by atoms with van der Waals surface area (Å²) in [5.41, 5.74) is 6.81. The summed E-state index contributed by atoms with van der Waals surface area (Å²) >= 11 is 0. The molecule has 0 spiro atoms. The van der Waals surface area contributed by atoms with E-state index in [0.29, 0.717) is 37.8 Å². The molecule has 1 aliphatic rings. The van der Waals surface area contributed by atoms with Gasteiger partial charge in [0, 0.05) is 26.0 Å². The van der Waals surface area contributed by atoms with Crippen LogP contribution in [-0.4, -0.2) is 42.3 Å². The van der Waals surface area contributed by atoms with Crippen molar-refractivity contribution in [2.45, 2.75) is 78.6 Å². The van der Waals surface area contributed by atoms with Crippen LogP contribution in [0.15, 0.2) is 36.4 Å². The second kappa shape index (κ2) is 14.8. The van der Waals surface area contributed by atoms with Gasteiger partial charge in [-0.2, -0.15) is 0 Å². The number of hydrogen-bond acceptors (Lipinski definition) is 5. The molecule has 0 radical (unpaired) electrons. The lowest BCUT2D eigenvalue weighted by Crippen LogP contribution is -2.56. The van der Waals surface area contributed by atoms with Gasteiger partial charge in [0.1, 0.15) is 6.04 Å². The Morgan fingerprint density at radius 1 is 1.15 bits per heavy atom. The molecule has 1 aromatic rings. The fraction of sp³-hybridized carbons (Fsp3) is 0.615. The van der Waals surface area contributed by atoms with E-state index in [1.54, 1.807) is 0 Å². The van der Waals surface area contributed by atoms with Gasteiger partial charge in [0.15, 0.2) is 6.29 Å². The number of carbonyl (C=O) groups excluding carboxylic acids is 2. The van der Waals surface area contributed by atoms with Gasteiger partial charge >= 0.3 is 0 Å². The van der Waals surface area contributed by atoms with Crippen LogP contribution in [0.4, 0.5) is 0 Å².